The second-order valence-electron chi connectivity index (χ2n) is 10.6. The molecule has 2 heterocycles. The topological polar surface area (TPSA) is 105 Å². The number of nitrogens with one attached hydrogen (secondary N) is 2. The van der Waals surface area contributed by atoms with Crippen LogP contribution < -0.4 is 10.6 Å². The number of hydrogen-bond acceptors (Lipinski definition) is 6. The molecular formula is C31H35N3O5S. The van der Waals surface area contributed by atoms with Crippen molar-refractivity contribution in [3.05, 3.63) is 83.4 Å². The van der Waals surface area contributed by atoms with Crippen LogP contribution in [-0.4, -0.2) is 62.9 Å². The second-order valence-corrected chi connectivity index (χ2v) is 12.9. The zero-order valence-electron chi connectivity index (χ0n) is 22.7. The van der Waals surface area contributed by atoms with Gasteiger partial charge in [0.25, 0.3) is 5.91 Å². The lowest BCUT2D eigenvalue weighted by Crippen LogP contribution is -2.39. The molecule has 0 bridgehead atoms. The lowest BCUT2D eigenvalue weighted by molar-refractivity contribution is -0.122. The summed E-state index contributed by atoms with van der Waals surface area (Å²) < 4.78 is 28.6. The van der Waals surface area contributed by atoms with E-state index in [1.807, 2.05) is 61.5 Å². The highest BCUT2D eigenvalue weighted by atomic mass is 32.2. The third-order valence-electron chi connectivity index (χ3n) is 7.61. The van der Waals surface area contributed by atoms with Gasteiger partial charge in [-0.05, 0) is 78.4 Å². The summed E-state index contributed by atoms with van der Waals surface area (Å²) in [5, 5.41) is 5.99. The first-order chi connectivity index (χ1) is 19.3. The summed E-state index contributed by atoms with van der Waals surface area (Å²) in [4.78, 5) is 27.7. The molecule has 0 aromatic heterocycles. The molecule has 0 atom stereocenters. The van der Waals surface area contributed by atoms with Crippen LogP contribution in [0.25, 0.3) is 11.1 Å². The van der Waals surface area contributed by atoms with Crippen molar-refractivity contribution in [2.75, 3.05) is 48.4 Å². The molecule has 0 aliphatic carbocycles. The Morgan fingerprint density at radius 1 is 0.875 bits per heavy atom. The minimum Gasteiger partial charge on any atom is -0.381 e. The fourth-order valence-electron chi connectivity index (χ4n) is 5.08. The number of carbonyl (C=O) groups excluding carboxylic acids is 2. The van der Waals surface area contributed by atoms with E-state index in [-0.39, 0.29) is 29.2 Å². The number of rotatable bonds is 7. The van der Waals surface area contributed by atoms with Gasteiger partial charge in [-0.1, -0.05) is 30.3 Å². The van der Waals surface area contributed by atoms with Gasteiger partial charge in [0, 0.05) is 55.7 Å². The molecule has 9 heteroatoms. The highest BCUT2D eigenvalue weighted by Gasteiger charge is 2.22. The Balaban J connectivity index is 1.19. The van der Waals surface area contributed by atoms with Gasteiger partial charge in [-0.2, -0.15) is 0 Å². The van der Waals surface area contributed by atoms with Gasteiger partial charge in [-0.15, -0.1) is 0 Å². The standard InChI is InChI=1S/C31H35N3O5S/c1-22-2-9-28(33-31(36)26-12-16-39-17-13-26)20-29(22)24-5-7-25(8-6-24)30(35)32-27-10-3-23(4-11-27)21-34-14-18-40(37,38)19-15-34/h2-11,20,26H,12-19,21H2,1H3,(H,32,35)(H,33,36). The van der Waals surface area contributed by atoms with Crippen LogP contribution >= 0.6 is 0 Å². The first-order valence-electron chi connectivity index (χ1n) is 13.7. The van der Waals surface area contributed by atoms with Crippen molar-refractivity contribution >= 4 is 33.0 Å². The summed E-state index contributed by atoms with van der Waals surface area (Å²) in [5.74, 6) is 0.217. The first kappa shape index (κ1) is 28.0. The molecule has 2 aliphatic rings. The SMILES string of the molecule is Cc1ccc(NC(=O)C2CCOCC2)cc1-c1ccc(C(=O)Nc2ccc(CN3CCS(=O)(=O)CC3)cc2)cc1. The maximum absolute atomic E-state index is 12.9. The van der Waals surface area contributed by atoms with Gasteiger partial charge in [0.05, 0.1) is 11.5 Å². The maximum Gasteiger partial charge on any atom is 0.255 e. The third kappa shape index (κ3) is 7.15. The summed E-state index contributed by atoms with van der Waals surface area (Å²) in [7, 11) is -2.89. The molecule has 2 amide bonds. The number of benzene rings is 3. The van der Waals surface area contributed by atoms with E-state index in [1.54, 1.807) is 12.1 Å². The van der Waals surface area contributed by atoms with E-state index in [0.29, 0.717) is 44.1 Å². The molecule has 0 saturated carbocycles. The maximum atomic E-state index is 12.9. The number of amides is 2. The Bertz CT molecular complexity index is 1450. The van der Waals surface area contributed by atoms with Crippen molar-refractivity contribution in [3.63, 3.8) is 0 Å². The molecule has 5 rings (SSSR count). The molecule has 8 nitrogen and oxygen atoms in total. The van der Waals surface area contributed by atoms with Crippen LogP contribution in [0.1, 0.15) is 34.3 Å². The van der Waals surface area contributed by atoms with E-state index in [9.17, 15) is 18.0 Å². The van der Waals surface area contributed by atoms with E-state index >= 15 is 0 Å². The van der Waals surface area contributed by atoms with Crippen LogP contribution in [0.15, 0.2) is 66.7 Å². The Hall–Kier alpha value is -3.53. The summed E-state index contributed by atoms with van der Waals surface area (Å²) in [6.45, 7) is 5.05. The van der Waals surface area contributed by atoms with Crippen LogP contribution in [0.2, 0.25) is 0 Å². The largest absolute Gasteiger partial charge is 0.381 e. The first-order valence-corrected chi connectivity index (χ1v) is 15.5. The summed E-state index contributed by atoms with van der Waals surface area (Å²) in [6, 6.07) is 21.0. The minimum atomic E-state index is -2.89. The van der Waals surface area contributed by atoms with Gasteiger partial charge in [0.1, 0.15) is 0 Å². The van der Waals surface area contributed by atoms with Crippen molar-refractivity contribution in [3.8, 4) is 11.1 Å². The molecule has 2 N–H and O–H groups in total. The highest BCUT2D eigenvalue weighted by Crippen LogP contribution is 2.28. The zero-order valence-corrected chi connectivity index (χ0v) is 23.5. The minimum absolute atomic E-state index is 0.0247. The molecule has 0 radical (unpaired) electrons. The summed E-state index contributed by atoms with van der Waals surface area (Å²) >= 11 is 0. The van der Waals surface area contributed by atoms with Crippen LogP contribution in [0.5, 0.6) is 0 Å². The fourth-order valence-corrected chi connectivity index (χ4v) is 6.36. The fraction of sp³-hybridized carbons (Fsp3) is 0.355. The molecular weight excluding hydrogens is 526 g/mol. The van der Waals surface area contributed by atoms with Crippen molar-refractivity contribution in [1.82, 2.24) is 4.90 Å². The molecule has 0 spiro atoms. The predicted molar refractivity (Wildman–Crippen MR) is 157 cm³/mol. The van der Waals surface area contributed by atoms with E-state index in [4.69, 9.17) is 4.74 Å². The molecule has 210 valence electrons. The number of anilines is 2. The lowest BCUT2D eigenvalue weighted by atomic mass is 9.97. The Morgan fingerprint density at radius 3 is 2.20 bits per heavy atom. The van der Waals surface area contributed by atoms with E-state index in [0.717, 1.165) is 40.8 Å². The van der Waals surface area contributed by atoms with E-state index in [2.05, 4.69) is 15.5 Å². The van der Waals surface area contributed by atoms with Crippen molar-refractivity contribution in [1.29, 1.82) is 0 Å². The Kier molecular flexibility index (Phi) is 8.63. The molecule has 2 aliphatic heterocycles. The number of hydrogen-bond donors (Lipinski definition) is 2. The van der Waals surface area contributed by atoms with Crippen molar-refractivity contribution in [2.24, 2.45) is 5.92 Å². The predicted octanol–water partition coefficient (Wildman–Crippen LogP) is 4.51. The summed E-state index contributed by atoms with van der Waals surface area (Å²) in [5.41, 5.74) is 6.11. The third-order valence-corrected chi connectivity index (χ3v) is 9.22. The monoisotopic (exact) mass is 561 g/mol. The lowest BCUT2D eigenvalue weighted by Gasteiger charge is -2.26. The normalized spacial score (nSPS) is 17.7. The smallest absolute Gasteiger partial charge is 0.255 e. The van der Waals surface area contributed by atoms with Gasteiger partial charge in [0.15, 0.2) is 9.84 Å². The zero-order chi connectivity index (χ0) is 28.1. The van der Waals surface area contributed by atoms with E-state index < -0.39 is 9.84 Å². The van der Waals surface area contributed by atoms with Gasteiger partial charge in [0.2, 0.25) is 5.91 Å². The van der Waals surface area contributed by atoms with Gasteiger partial charge in [-0.25, -0.2) is 8.42 Å². The van der Waals surface area contributed by atoms with Gasteiger partial charge < -0.3 is 15.4 Å². The van der Waals surface area contributed by atoms with Crippen LogP contribution in [0.3, 0.4) is 0 Å². The number of ether oxygens (including phenoxy) is 1. The van der Waals surface area contributed by atoms with E-state index in [1.165, 1.54) is 0 Å². The van der Waals surface area contributed by atoms with Crippen LogP contribution in [0, 0.1) is 12.8 Å². The molecule has 2 fully saturated rings. The Morgan fingerprint density at radius 2 is 1.52 bits per heavy atom. The molecule has 3 aromatic rings. The highest BCUT2D eigenvalue weighted by molar-refractivity contribution is 7.91. The van der Waals surface area contributed by atoms with Crippen LogP contribution in [0.4, 0.5) is 11.4 Å². The molecule has 40 heavy (non-hydrogen) atoms. The molecule has 0 unspecified atom stereocenters. The second kappa shape index (κ2) is 12.3. The number of nitrogens with zero attached hydrogens (tertiary/aromatic N) is 1. The van der Waals surface area contributed by atoms with Crippen molar-refractivity contribution in [2.45, 2.75) is 26.3 Å². The quantitative estimate of drug-likeness (QED) is 0.440. The van der Waals surface area contributed by atoms with Gasteiger partial charge >= 0.3 is 0 Å². The van der Waals surface area contributed by atoms with Gasteiger partial charge in [-0.3, -0.25) is 14.5 Å². The molecule has 2 saturated heterocycles. The average molecular weight is 562 g/mol. The number of carbonyl (C=O) groups is 2. The average Bonchev–Trinajstić information content (AvgIpc) is 2.97. The van der Waals surface area contributed by atoms with Crippen LogP contribution in [-0.2, 0) is 25.9 Å². The number of sulfone groups is 1. The number of aryl methyl sites for hydroxylation is 1. The van der Waals surface area contributed by atoms with Crippen molar-refractivity contribution < 1.29 is 22.7 Å². The summed E-state index contributed by atoms with van der Waals surface area (Å²) in [6.07, 6.45) is 1.48. The molecule has 3 aromatic carbocycles. The Labute approximate surface area is 235 Å².